The molecule has 0 aliphatic rings. The summed E-state index contributed by atoms with van der Waals surface area (Å²) in [7, 11) is 0. The van der Waals surface area contributed by atoms with Gasteiger partial charge in [-0.1, -0.05) is 6.08 Å². The van der Waals surface area contributed by atoms with Gasteiger partial charge in [-0.3, -0.25) is 0 Å². The first-order chi connectivity index (χ1) is 1.41. The van der Waals surface area contributed by atoms with Crippen LogP contribution in [0.1, 0.15) is 6.92 Å². The molecule has 0 aliphatic heterocycles. The maximum atomic E-state index is 3.36. The number of allylic oxidation sites excluding steroid dienone is 1. The largest absolute Gasteiger partial charge is 1.00 e. The Labute approximate surface area is 85.0 Å². The normalized spacial score (nSPS) is 2.17. The van der Waals surface area contributed by atoms with Crippen molar-refractivity contribution in [1.29, 1.82) is 0 Å². The molecule has 0 saturated heterocycles. The first-order valence-electron chi connectivity index (χ1n) is 0.986. The quantitative estimate of drug-likeness (QED) is 0.380. The van der Waals surface area contributed by atoms with Crippen LogP contribution >= 0.6 is 0 Å². The van der Waals surface area contributed by atoms with Crippen LogP contribution in [0.15, 0.2) is 12.7 Å². The van der Waals surface area contributed by atoms with E-state index >= 15 is 0 Å². The smallest absolute Gasteiger partial charge is 0 e. The zero-order valence-corrected chi connectivity index (χ0v) is 8.19. The summed E-state index contributed by atoms with van der Waals surface area (Å²) in [5, 5.41) is 0. The Morgan fingerprint density at radius 3 is 1.33 bits per heavy atom. The maximum Gasteiger partial charge on any atom is 0 e. The Morgan fingerprint density at radius 1 is 1.33 bits per heavy atom. The Balaban J connectivity index is -0.00000000667. The van der Waals surface area contributed by atoms with Crippen molar-refractivity contribution in [3.63, 3.8) is 0 Å². The van der Waals surface area contributed by atoms with E-state index in [-0.39, 0.29) is 66.6 Å². The van der Waals surface area contributed by atoms with Gasteiger partial charge in [0.25, 0.3) is 0 Å². The van der Waals surface area contributed by atoms with Crippen LogP contribution in [0.4, 0.5) is 0 Å². The zero-order chi connectivity index (χ0) is 2.71. The molecule has 6 heavy (non-hydrogen) atoms. The molecular weight excluding hydrogens is 247 g/mol. The molecule has 0 aromatic heterocycles. The fraction of sp³-hybridized carbons (Fsp3) is 0.333. The minimum atomic E-state index is 0. The van der Waals surface area contributed by atoms with Crippen molar-refractivity contribution in [2.45, 2.75) is 6.92 Å². The monoisotopic (exact) mass is 252 g/mol. The average molecular weight is 253 g/mol. The molecule has 0 fully saturated rings. The second-order valence-electron chi connectivity index (χ2n) is 0.408. The van der Waals surface area contributed by atoms with Crippen molar-refractivity contribution in [3.05, 3.63) is 12.7 Å². The molecule has 0 spiro atoms. The van der Waals surface area contributed by atoms with Gasteiger partial charge in [0, 0.05) is 41.7 Å². The van der Waals surface area contributed by atoms with Crippen molar-refractivity contribution in [2.24, 2.45) is 0 Å². The second-order valence-corrected chi connectivity index (χ2v) is 0.408. The zero-order valence-electron chi connectivity index (χ0n) is 3.54. The summed E-state index contributed by atoms with van der Waals surface area (Å²) in [6.07, 6.45) is 1.75. The topological polar surface area (TPSA) is 0 Å². The summed E-state index contributed by atoms with van der Waals surface area (Å²) < 4.78 is 0. The molecule has 0 atom stereocenters. The molecule has 0 unspecified atom stereocenters. The fourth-order valence-electron chi connectivity index (χ4n) is 0. The van der Waals surface area contributed by atoms with Crippen molar-refractivity contribution in [1.82, 2.24) is 0 Å². The first kappa shape index (κ1) is 25.3. The summed E-state index contributed by atoms with van der Waals surface area (Å²) in [4.78, 5) is 0. The molecule has 0 aromatic carbocycles. The van der Waals surface area contributed by atoms with Crippen molar-refractivity contribution < 1.29 is 66.6 Å². The Kier molecular flexibility index (Phi) is 126. The molecule has 0 rings (SSSR count). The molecule has 0 aromatic rings. The van der Waals surface area contributed by atoms with E-state index in [9.17, 15) is 0 Å². The van der Waals surface area contributed by atoms with Gasteiger partial charge in [0.05, 0.1) is 0 Å². The molecule has 0 N–H and O–H groups in total. The molecule has 0 bridgehead atoms. The van der Waals surface area contributed by atoms with E-state index in [2.05, 4.69) is 6.58 Å². The van der Waals surface area contributed by atoms with Gasteiger partial charge in [-0.05, 0) is 6.92 Å². The molecular formula is C3H6CeCl2-2. The average Bonchev–Trinajstić information content (AvgIpc) is 0.918. The molecule has 0 radical (unpaired) electrons. The van der Waals surface area contributed by atoms with Gasteiger partial charge in [-0.15, -0.1) is 6.58 Å². The van der Waals surface area contributed by atoms with Gasteiger partial charge in [0.2, 0.25) is 0 Å². The van der Waals surface area contributed by atoms with E-state index < -0.39 is 0 Å². The molecule has 0 heterocycles. The van der Waals surface area contributed by atoms with Crippen LogP contribution in [0.25, 0.3) is 0 Å². The van der Waals surface area contributed by atoms with Gasteiger partial charge in [0.1, 0.15) is 0 Å². The third-order valence-corrected chi connectivity index (χ3v) is 0. The van der Waals surface area contributed by atoms with Gasteiger partial charge < -0.3 is 24.8 Å². The third-order valence-electron chi connectivity index (χ3n) is 0. The third kappa shape index (κ3) is 43.7. The van der Waals surface area contributed by atoms with E-state index in [1.165, 1.54) is 0 Å². The van der Waals surface area contributed by atoms with E-state index in [1.54, 1.807) is 6.08 Å². The van der Waals surface area contributed by atoms with E-state index in [1.807, 2.05) is 6.92 Å². The van der Waals surface area contributed by atoms with Crippen LogP contribution in [-0.4, -0.2) is 0 Å². The van der Waals surface area contributed by atoms with Crippen LogP contribution in [0.2, 0.25) is 0 Å². The van der Waals surface area contributed by atoms with E-state index in [4.69, 9.17) is 0 Å². The number of hydrogen-bond acceptors (Lipinski definition) is 0. The predicted molar refractivity (Wildman–Crippen MR) is 15.9 cm³/mol. The van der Waals surface area contributed by atoms with Crippen LogP contribution in [0.5, 0.6) is 0 Å². The first-order valence-corrected chi connectivity index (χ1v) is 0.986. The van der Waals surface area contributed by atoms with Crippen molar-refractivity contribution in [3.8, 4) is 0 Å². The number of rotatable bonds is 0. The summed E-state index contributed by atoms with van der Waals surface area (Å²) in [5.41, 5.74) is 0. The van der Waals surface area contributed by atoms with Crippen LogP contribution in [0.3, 0.4) is 0 Å². The predicted octanol–water partition coefficient (Wildman–Crippen LogP) is -4.80. The summed E-state index contributed by atoms with van der Waals surface area (Å²) >= 11 is 0. The van der Waals surface area contributed by atoms with E-state index in [0.29, 0.717) is 0 Å². The standard InChI is InChI=1S/C3H6.Ce.2ClH/c1-3-2;;;/h3H,1H2,2H3;;2*1H/p-2. The van der Waals surface area contributed by atoms with Gasteiger partial charge in [-0.25, -0.2) is 0 Å². The minimum Gasteiger partial charge on any atom is -1.00 e. The molecule has 0 amide bonds. The summed E-state index contributed by atoms with van der Waals surface area (Å²) in [6, 6.07) is 0. The van der Waals surface area contributed by atoms with E-state index in [0.717, 1.165) is 0 Å². The van der Waals surface area contributed by atoms with Gasteiger partial charge in [-0.2, -0.15) is 0 Å². The Morgan fingerprint density at radius 2 is 1.33 bits per heavy atom. The van der Waals surface area contributed by atoms with Crippen LogP contribution in [-0.2, 0) is 0 Å². The minimum absolute atomic E-state index is 0. The summed E-state index contributed by atoms with van der Waals surface area (Å²) in [5.74, 6) is 0. The Hall–Kier alpha value is 1.70. The SMILES string of the molecule is C=CC.[Ce].[Cl-].[Cl-]. The maximum absolute atomic E-state index is 3.36. The molecule has 3 heteroatoms. The number of halogens is 2. The van der Waals surface area contributed by atoms with Crippen LogP contribution in [0, 0.1) is 41.7 Å². The van der Waals surface area contributed by atoms with Crippen LogP contribution < -0.4 is 24.8 Å². The molecule has 0 saturated carbocycles. The Bertz CT molecular complexity index is 16.3. The molecule has 0 aliphatic carbocycles. The van der Waals surface area contributed by atoms with Crippen molar-refractivity contribution >= 4 is 0 Å². The van der Waals surface area contributed by atoms with Gasteiger partial charge >= 0.3 is 0 Å². The molecule has 38 valence electrons. The molecule has 0 nitrogen and oxygen atoms in total. The number of hydrogen-bond donors (Lipinski definition) is 0. The summed E-state index contributed by atoms with van der Waals surface area (Å²) in [6.45, 7) is 5.25. The van der Waals surface area contributed by atoms with Crippen molar-refractivity contribution in [2.75, 3.05) is 0 Å². The fourth-order valence-corrected chi connectivity index (χ4v) is 0. The van der Waals surface area contributed by atoms with Gasteiger partial charge in [0.15, 0.2) is 0 Å². The second kappa shape index (κ2) is 29.9.